The van der Waals surface area contributed by atoms with Gasteiger partial charge in [0.15, 0.2) is 0 Å². The molecule has 3 aliphatic rings. The van der Waals surface area contributed by atoms with E-state index in [1.165, 1.54) is 70.9 Å². The molecule has 3 atom stereocenters. The van der Waals surface area contributed by atoms with Gasteiger partial charge in [0.2, 0.25) is 0 Å². The Morgan fingerprint density at radius 3 is 2.70 bits per heavy atom. The molecule has 2 saturated heterocycles. The lowest BCUT2D eigenvalue weighted by molar-refractivity contribution is 0.00607. The molecule has 3 fully saturated rings. The summed E-state index contributed by atoms with van der Waals surface area (Å²) in [7, 11) is 0. The second-order valence-corrected chi connectivity index (χ2v) is 7.07. The standard InChI is InChI=1S/C17H32N2O/c1-2-5-15-6-3-4-11-19(15)13-17-10-9-16(20-17)12-18-14-7-8-14/h14-18H,2-13H2,1H3. The third kappa shape index (κ3) is 4.19. The maximum absolute atomic E-state index is 6.26. The molecule has 1 N–H and O–H groups in total. The van der Waals surface area contributed by atoms with E-state index in [2.05, 4.69) is 17.1 Å². The lowest BCUT2D eigenvalue weighted by Gasteiger charge is -2.37. The van der Waals surface area contributed by atoms with Crippen molar-refractivity contribution < 1.29 is 4.74 Å². The molecule has 1 aliphatic carbocycles. The predicted octanol–water partition coefficient (Wildman–Crippen LogP) is 2.94. The molecule has 0 amide bonds. The number of likely N-dealkylation sites (tertiary alicyclic amines) is 1. The van der Waals surface area contributed by atoms with Crippen LogP contribution in [0.4, 0.5) is 0 Å². The van der Waals surface area contributed by atoms with Crippen molar-refractivity contribution in [2.75, 3.05) is 19.6 Å². The Labute approximate surface area is 124 Å². The van der Waals surface area contributed by atoms with Crippen LogP contribution in [0.5, 0.6) is 0 Å². The predicted molar refractivity (Wildman–Crippen MR) is 83.0 cm³/mol. The number of hydrogen-bond acceptors (Lipinski definition) is 3. The summed E-state index contributed by atoms with van der Waals surface area (Å²) in [6.07, 6.45) is 13.2. The molecular weight excluding hydrogens is 248 g/mol. The molecule has 3 heteroatoms. The summed E-state index contributed by atoms with van der Waals surface area (Å²) in [5.74, 6) is 0. The number of piperidine rings is 1. The van der Waals surface area contributed by atoms with E-state index in [1.807, 2.05) is 0 Å². The summed E-state index contributed by atoms with van der Waals surface area (Å²) >= 11 is 0. The maximum atomic E-state index is 6.26. The minimum atomic E-state index is 0.481. The molecule has 1 saturated carbocycles. The first-order valence-corrected chi connectivity index (χ1v) is 8.98. The lowest BCUT2D eigenvalue weighted by atomic mass is 9.97. The average Bonchev–Trinajstić information content (AvgIpc) is 3.19. The van der Waals surface area contributed by atoms with Crippen molar-refractivity contribution >= 4 is 0 Å². The topological polar surface area (TPSA) is 24.5 Å². The van der Waals surface area contributed by atoms with Gasteiger partial charge in [-0.2, -0.15) is 0 Å². The first-order chi connectivity index (χ1) is 9.85. The van der Waals surface area contributed by atoms with Crippen molar-refractivity contribution in [3.05, 3.63) is 0 Å². The van der Waals surface area contributed by atoms with Crippen molar-refractivity contribution in [2.45, 2.75) is 89.0 Å². The van der Waals surface area contributed by atoms with E-state index in [1.54, 1.807) is 0 Å². The van der Waals surface area contributed by atoms with Crippen LogP contribution < -0.4 is 5.32 Å². The fraction of sp³-hybridized carbons (Fsp3) is 1.00. The molecule has 0 aromatic heterocycles. The van der Waals surface area contributed by atoms with Crippen LogP contribution in [-0.2, 0) is 4.74 Å². The minimum Gasteiger partial charge on any atom is -0.372 e. The first-order valence-electron chi connectivity index (χ1n) is 8.98. The van der Waals surface area contributed by atoms with Crippen LogP contribution in [0.1, 0.15) is 64.7 Å². The molecule has 2 heterocycles. The van der Waals surface area contributed by atoms with Gasteiger partial charge in [0.25, 0.3) is 0 Å². The SMILES string of the molecule is CCCC1CCCCN1CC1CCC(CNC2CC2)O1. The van der Waals surface area contributed by atoms with E-state index >= 15 is 0 Å². The summed E-state index contributed by atoms with van der Waals surface area (Å²) in [5, 5.41) is 3.61. The van der Waals surface area contributed by atoms with Gasteiger partial charge in [-0.05, 0) is 51.5 Å². The summed E-state index contributed by atoms with van der Waals surface area (Å²) in [4.78, 5) is 2.73. The van der Waals surface area contributed by atoms with E-state index in [0.29, 0.717) is 12.2 Å². The van der Waals surface area contributed by atoms with Gasteiger partial charge < -0.3 is 10.1 Å². The molecular formula is C17H32N2O. The molecule has 0 bridgehead atoms. The van der Waals surface area contributed by atoms with Crippen LogP contribution in [0.15, 0.2) is 0 Å². The molecule has 3 rings (SSSR count). The van der Waals surface area contributed by atoms with Crippen LogP contribution in [0.3, 0.4) is 0 Å². The summed E-state index contributed by atoms with van der Waals surface area (Å²) in [6.45, 7) is 5.89. The van der Waals surface area contributed by atoms with Crippen LogP contribution in [0.25, 0.3) is 0 Å². The molecule has 3 nitrogen and oxygen atoms in total. The zero-order valence-corrected chi connectivity index (χ0v) is 13.2. The van der Waals surface area contributed by atoms with Gasteiger partial charge in [-0.25, -0.2) is 0 Å². The van der Waals surface area contributed by atoms with E-state index in [0.717, 1.165) is 18.6 Å². The zero-order chi connectivity index (χ0) is 13.8. The van der Waals surface area contributed by atoms with E-state index in [4.69, 9.17) is 4.74 Å². The highest BCUT2D eigenvalue weighted by molar-refractivity contribution is 4.86. The Kier molecular flexibility index (Phi) is 5.36. The maximum Gasteiger partial charge on any atom is 0.0707 e. The van der Waals surface area contributed by atoms with Crippen molar-refractivity contribution in [3.63, 3.8) is 0 Å². The first kappa shape index (κ1) is 14.8. The monoisotopic (exact) mass is 280 g/mol. The summed E-state index contributed by atoms with van der Waals surface area (Å²) < 4.78 is 6.26. The van der Waals surface area contributed by atoms with Crippen molar-refractivity contribution in [1.82, 2.24) is 10.2 Å². The van der Waals surface area contributed by atoms with Gasteiger partial charge in [0.05, 0.1) is 12.2 Å². The minimum absolute atomic E-state index is 0.481. The molecule has 0 radical (unpaired) electrons. The summed E-state index contributed by atoms with van der Waals surface area (Å²) in [6, 6.07) is 1.65. The van der Waals surface area contributed by atoms with E-state index in [-0.39, 0.29) is 0 Å². The van der Waals surface area contributed by atoms with E-state index in [9.17, 15) is 0 Å². The van der Waals surface area contributed by atoms with Crippen molar-refractivity contribution in [3.8, 4) is 0 Å². The smallest absolute Gasteiger partial charge is 0.0707 e. The number of hydrogen-bond donors (Lipinski definition) is 1. The normalized spacial score (nSPS) is 35.5. The highest BCUT2D eigenvalue weighted by Crippen LogP contribution is 2.26. The van der Waals surface area contributed by atoms with Crippen LogP contribution >= 0.6 is 0 Å². The molecule has 2 aliphatic heterocycles. The zero-order valence-electron chi connectivity index (χ0n) is 13.2. The third-order valence-corrected chi connectivity index (χ3v) is 5.22. The molecule has 20 heavy (non-hydrogen) atoms. The molecule has 0 aromatic rings. The second kappa shape index (κ2) is 7.24. The largest absolute Gasteiger partial charge is 0.372 e. The Hall–Kier alpha value is -0.120. The van der Waals surface area contributed by atoms with Crippen LogP contribution in [0, 0.1) is 0 Å². The molecule has 0 spiro atoms. The van der Waals surface area contributed by atoms with Crippen LogP contribution in [-0.4, -0.2) is 48.8 Å². The van der Waals surface area contributed by atoms with Gasteiger partial charge in [-0.15, -0.1) is 0 Å². The fourth-order valence-electron chi connectivity index (χ4n) is 3.87. The quantitative estimate of drug-likeness (QED) is 0.776. The molecule has 0 aromatic carbocycles. The molecule has 116 valence electrons. The Morgan fingerprint density at radius 2 is 1.90 bits per heavy atom. The summed E-state index contributed by atoms with van der Waals surface area (Å²) in [5.41, 5.74) is 0. The van der Waals surface area contributed by atoms with Crippen LogP contribution in [0.2, 0.25) is 0 Å². The van der Waals surface area contributed by atoms with Crippen molar-refractivity contribution in [2.24, 2.45) is 0 Å². The highest BCUT2D eigenvalue weighted by Gasteiger charge is 2.31. The van der Waals surface area contributed by atoms with Gasteiger partial charge in [0, 0.05) is 25.2 Å². The lowest BCUT2D eigenvalue weighted by Crippen LogP contribution is -2.43. The number of rotatable bonds is 7. The Balaban J connectivity index is 1.40. The highest BCUT2D eigenvalue weighted by atomic mass is 16.5. The average molecular weight is 280 g/mol. The van der Waals surface area contributed by atoms with Gasteiger partial charge >= 0.3 is 0 Å². The fourth-order valence-corrected chi connectivity index (χ4v) is 3.87. The number of nitrogens with one attached hydrogen (secondary N) is 1. The third-order valence-electron chi connectivity index (χ3n) is 5.22. The number of nitrogens with zero attached hydrogens (tertiary/aromatic N) is 1. The second-order valence-electron chi connectivity index (χ2n) is 7.07. The molecule has 3 unspecified atom stereocenters. The van der Waals surface area contributed by atoms with Gasteiger partial charge in [-0.3, -0.25) is 4.90 Å². The Morgan fingerprint density at radius 1 is 1.05 bits per heavy atom. The van der Waals surface area contributed by atoms with E-state index < -0.39 is 0 Å². The number of ether oxygens (including phenoxy) is 1. The Bertz CT molecular complexity index is 291. The van der Waals surface area contributed by atoms with Crippen molar-refractivity contribution in [1.29, 1.82) is 0 Å². The van der Waals surface area contributed by atoms with Gasteiger partial charge in [-0.1, -0.05) is 19.8 Å². The van der Waals surface area contributed by atoms with Gasteiger partial charge in [0.1, 0.15) is 0 Å².